The van der Waals surface area contributed by atoms with Crippen molar-refractivity contribution in [2.75, 3.05) is 13.2 Å². The molecule has 0 spiro atoms. The zero-order valence-corrected chi connectivity index (χ0v) is 40.4. The van der Waals surface area contributed by atoms with Crippen LogP contribution in [0.4, 0.5) is 0 Å². The molecule has 0 aromatic carbocycles. The van der Waals surface area contributed by atoms with Crippen LogP contribution in [0.3, 0.4) is 0 Å². The number of esters is 3. The molecular formula is C53H102O6. The molecular weight excluding hydrogens is 733 g/mol. The Bertz CT molecular complexity index is 900. The molecule has 6 heteroatoms. The molecule has 0 rings (SSSR count). The van der Waals surface area contributed by atoms with Crippen molar-refractivity contribution in [2.24, 2.45) is 11.8 Å². The largest absolute Gasteiger partial charge is 0.462 e. The maximum atomic E-state index is 12.8. The average molecular weight is 835 g/mol. The first-order valence-corrected chi connectivity index (χ1v) is 26.2. The van der Waals surface area contributed by atoms with Gasteiger partial charge in [-0.3, -0.25) is 14.4 Å². The molecule has 0 saturated carbocycles. The Morgan fingerprint density at radius 3 is 0.831 bits per heavy atom. The fourth-order valence-corrected chi connectivity index (χ4v) is 7.99. The molecule has 0 N–H and O–H groups in total. The summed E-state index contributed by atoms with van der Waals surface area (Å²) in [6.45, 7) is 11.3. The highest BCUT2D eigenvalue weighted by atomic mass is 16.6. The lowest BCUT2D eigenvalue weighted by Gasteiger charge is -2.18. The Hall–Kier alpha value is -1.59. The number of rotatable bonds is 47. The first kappa shape index (κ1) is 57.4. The number of carbonyl (C=O) groups excluding carboxylic acids is 3. The minimum absolute atomic E-state index is 0.0648. The lowest BCUT2D eigenvalue weighted by Crippen LogP contribution is -2.30. The third-order valence-corrected chi connectivity index (χ3v) is 12.0. The lowest BCUT2D eigenvalue weighted by molar-refractivity contribution is -0.167. The highest BCUT2D eigenvalue weighted by molar-refractivity contribution is 5.71. The van der Waals surface area contributed by atoms with Gasteiger partial charge in [-0.05, 0) is 31.1 Å². The smallest absolute Gasteiger partial charge is 0.306 e. The van der Waals surface area contributed by atoms with Gasteiger partial charge in [0.2, 0.25) is 0 Å². The van der Waals surface area contributed by atoms with Crippen molar-refractivity contribution in [3.8, 4) is 0 Å². The molecule has 0 aromatic rings. The topological polar surface area (TPSA) is 78.9 Å². The van der Waals surface area contributed by atoms with Gasteiger partial charge in [-0.2, -0.15) is 0 Å². The van der Waals surface area contributed by atoms with Gasteiger partial charge in [0.1, 0.15) is 13.2 Å². The Morgan fingerprint density at radius 2 is 0.559 bits per heavy atom. The second-order valence-corrected chi connectivity index (χ2v) is 19.1. The Labute approximate surface area is 368 Å². The third-order valence-electron chi connectivity index (χ3n) is 12.0. The van der Waals surface area contributed by atoms with Gasteiger partial charge in [-0.25, -0.2) is 0 Å². The highest BCUT2D eigenvalue weighted by Gasteiger charge is 2.19. The molecule has 59 heavy (non-hydrogen) atoms. The van der Waals surface area contributed by atoms with E-state index in [9.17, 15) is 14.4 Å². The van der Waals surface area contributed by atoms with Crippen molar-refractivity contribution >= 4 is 17.9 Å². The van der Waals surface area contributed by atoms with E-state index in [0.717, 1.165) is 69.6 Å². The van der Waals surface area contributed by atoms with Crippen LogP contribution in [0.2, 0.25) is 0 Å². The third kappa shape index (κ3) is 47.3. The Kier molecular flexibility index (Phi) is 44.7. The summed E-state index contributed by atoms with van der Waals surface area (Å²) in [6.07, 6.45) is 46.8. The van der Waals surface area contributed by atoms with Crippen molar-refractivity contribution in [3.63, 3.8) is 0 Å². The number of ether oxygens (including phenoxy) is 3. The fourth-order valence-electron chi connectivity index (χ4n) is 7.99. The molecule has 1 atom stereocenters. The van der Waals surface area contributed by atoms with E-state index in [-0.39, 0.29) is 31.1 Å². The molecule has 0 radical (unpaired) electrons. The molecule has 0 fully saturated rings. The number of hydrogen-bond donors (Lipinski definition) is 0. The summed E-state index contributed by atoms with van der Waals surface area (Å²) in [6, 6.07) is 0. The van der Waals surface area contributed by atoms with Crippen LogP contribution < -0.4 is 0 Å². The molecule has 0 heterocycles. The average Bonchev–Trinajstić information content (AvgIpc) is 3.20. The van der Waals surface area contributed by atoms with Crippen LogP contribution >= 0.6 is 0 Å². The monoisotopic (exact) mass is 835 g/mol. The molecule has 0 unspecified atom stereocenters. The first-order chi connectivity index (χ1) is 28.7. The Morgan fingerprint density at radius 1 is 0.322 bits per heavy atom. The first-order valence-electron chi connectivity index (χ1n) is 26.2. The zero-order valence-electron chi connectivity index (χ0n) is 40.4. The highest BCUT2D eigenvalue weighted by Crippen LogP contribution is 2.17. The predicted octanol–water partition coefficient (Wildman–Crippen LogP) is 16.9. The van der Waals surface area contributed by atoms with Gasteiger partial charge >= 0.3 is 17.9 Å². The van der Waals surface area contributed by atoms with Crippen LogP contribution in [0, 0.1) is 11.8 Å². The number of unbranched alkanes of at least 4 members (excludes halogenated alkanes) is 32. The number of hydrogen-bond acceptors (Lipinski definition) is 6. The molecule has 6 nitrogen and oxygen atoms in total. The zero-order chi connectivity index (χ0) is 43.3. The predicted molar refractivity (Wildman–Crippen MR) is 252 cm³/mol. The quantitative estimate of drug-likeness (QED) is 0.0345. The van der Waals surface area contributed by atoms with Crippen molar-refractivity contribution < 1.29 is 28.6 Å². The van der Waals surface area contributed by atoms with Crippen molar-refractivity contribution in [1.29, 1.82) is 0 Å². The Balaban J connectivity index is 4.25. The second-order valence-electron chi connectivity index (χ2n) is 19.1. The van der Waals surface area contributed by atoms with Gasteiger partial charge in [0.05, 0.1) is 0 Å². The van der Waals surface area contributed by atoms with E-state index in [1.165, 1.54) is 180 Å². The van der Waals surface area contributed by atoms with Crippen LogP contribution in [0.15, 0.2) is 0 Å². The maximum absolute atomic E-state index is 12.8. The second kappa shape index (κ2) is 45.9. The van der Waals surface area contributed by atoms with Crippen LogP contribution in [-0.2, 0) is 28.6 Å². The lowest BCUT2D eigenvalue weighted by atomic mass is 10.0. The normalized spacial score (nSPS) is 12.1. The summed E-state index contributed by atoms with van der Waals surface area (Å²) in [5, 5.41) is 0. The van der Waals surface area contributed by atoms with Crippen LogP contribution in [0.1, 0.15) is 291 Å². The van der Waals surface area contributed by atoms with E-state index in [1.54, 1.807) is 0 Å². The molecule has 0 aromatic heterocycles. The van der Waals surface area contributed by atoms with Gasteiger partial charge < -0.3 is 14.2 Å². The standard InChI is InChI=1S/C53H102O6/c1-6-7-8-9-10-11-12-13-14-15-16-17-18-19-20-23-29-35-40-45-53(56)59-50(47-58-52(55)44-39-34-30-25-27-32-37-42-49(4)5)46-57-51(54)43-38-33-28-24-21-22-26-31-36-41-48(2)3/h48-50H,6-47H2,1-5H3/t50-/m1/s1. The van der Waals surface area contributed by atoms with Crippen LogP contribution in [0.5, 0.6) is 0 Å². The molecule has 0 aliphatic rings. The van der Waals surface area contributed by atoms with E-state index in [4.69, 9.17) is 14.2 Å². The molecule has 0 amide bonds. The van der Waals surface area contributed by atoms with Gasteiger partial charge in [0.25, 0.3) is 0 Å². The summed E-state index contributed by atoms with van der Waals surface area (Å²) in [4.78, 5) is 37.9. The van der Waals surface area contributed by atoms with E-state index < -0.39 is 6.10 Å². The summed E-state index contributed by atoms with van der Waals surface area (Å²) >= 11 is 0. The molecule has 0 bridgehead atoms. The summed E-state index contributed by atoms with van der Waals surface area (Å²) in [5.74, 6) is 0.738. The summed E-state index contributed by atoms with van der Waals surface area (Å²) in [7, 11) is 0. The van der Waals surface area contributed by atoms with Crippen molar-refractivity contribution in [3.05, 3.63) is 0 Å². The van der Waals surface area contributed by atoms with Crippen molar-refractivity contribution in [2.45, 2.75) is 298 Å². The fraction of sp³-hybridized carbons (Fsp3) is 0.943. The minimum Gasteiger partial charge on any atom is -0.462 e. The molecule has 0 saturated heterocycles. The van der Waals surface area contributed by atoms with E-state index in [0.29, 0.717) is 19.3 Å². The van der Waals surface area contributed by atoms with Gasteiger partial charge in [0, 0.05) is 19.3 Å². The number of carbonyl (C=O) groups is 3. The summed E-state index contributed by atoms with van der Waals surface area (Å²) < 4.78 is 16.8. The molecule has 350 valence electrons. The molecule has 0 aliphatic carbocycles. The van der Waals surface area contributed by atoms with Crippen LogP contribution in [-0.4, -0.2) is 37.2 Å². The van der Waals surface area contributed by atoms with E-state index >= 15 is 0 Å². The SMILES string of the molecule is CCCCCCCCCCCCCCCCCCCCCC(=O)O[C@H](COC(=O)CCCCCCCCCCCC(C)C)COC(=O)CCCCCCCCCC(C)C. The molecule has 0 aliphatic heterocycles. The maximum Gasteiger partial charge on any atom is 0.306 e. The van der Waals surface area contributed by atoms with Gasteiger partial charge in [-0.1, -0.05) is 253 Å². The van der Waals surface area contributed by atoms with E-state index in [1.807, 2.05) is 0 Å². The minimum atomic E-state index is -0.762. The van der Waals surface area contributed by atoms with Gasteiger partial charge in [0.15, 0.2) is 6.10 Å². The van der Waals surface area contributed by atoms with Crippen LogP contribution in [0.25, 0.3) is 0 Å². The summed E-state index contributed by atoms with van der Waals surface area (Å²) in [5.41, 5.74) is 0. The van der Waals surface area contributed by atoms with Crippen molar-refractivity contribution in [1.82, 2.24) is 0 Å². The van der Waals surface area contributed by atoms with E-state index in [2.05, 4.69) is 34.6 Å². The van der Waals surface area contributed by atoms with Gasteiger partial charge in [-0.15, -0.1) is 0 Å².